The van der Waals surface area contributed by atoms with Gasteiger partial charge in [0.25, 0.3) is 11.7 Å². The molecule has 2 heterocycles. The normalized spacial score (nSPS) is 16.9. The zero-order chi connectivity index (χ0) is 26.0. The summed E-state index contributed by atoms with van der Waals surface area (Å²) in [7, 11) is 1.57. The molecule has 1 atom stereocenters. The standard InChI is InChI=1S/C28H27N3O5/c1-16(2)21-14-18(11-12-23(21)36-4)26(33)24-25(22-10-5-6-13-29-22)31(28(35)27(24)34)20-9-7-8-19(15-20)30-17(3)32/h5-16,25,33H,1-4H3,(H,30,32)/b26-24-. The number of benzene rings is 2. The highest BCUT2D eigenvalue weighted by atomic mass is 16.5. The van der Waals surface area contributed by atoms with Crippen LogP contribution in [0.15, 0.2) is 72.4 Å². The summed E-state index contributed by atoms with van der Waals surface area (Å²) in [6, 6.07) is 16.0. The number of carbonyl (C=O) groups excluding carboxylic acids is 3. The fourth-order valence-corrected chi connectivity index (χ4v) is 4.34. The van der Waals surface area contributed by atoms with E-state index in [0.717, 1.165) is 5.56 Å². The molecule has 3 aromatic rings. The number of rotatable bonds is 6. The average Bonchev–Trinajstić information content (AvgIpc) is 3.13. The SMILES string of the molecule is COc1ccc(/C(O)=C2/C(=O)C(=O)N(c3cccc(NC(C)=O)c3)C2c2ccccn2)cc1C(C)C. The van der Waals surface area contributed by atoms with E-state index in [1.165, 1.54) is 11.8 Å². The van der Waals surface area contributed by atoms with E-state index in [2.05, 4.69) is 10.3 Å². The lowest BCUT2D eigenvalue weighted by atomic mass is 9.94. The molecule has 8 heteroatoms. The maximum absolute atomic E-state index is 13.4. The van der Waals surface area contributed by atoms with Gasteiger partial charge in [0.2, 0.25) is 5.91 Å². The van der Waals surface area contributed by atoms with Crippen LogP contribution in [0.25, 0.3) is 5.76 Å². The minimum atomic E-state index is -0.969. The highest BCUT2D eigenvalue weighted by molar-refractivity contribution is 6.51. The zero-order valence-electron chi connectivity index (χ0n) is 20.5. The molecule has 1 saturated heterocycles. The van der Waals surface area contributed by atoms with Crippen LogP contribution in [0, 0.1) is 0 Å². The second-order valence-corrected chi connectivity index (χ2v) is 8.77. The Morgan fingerprint density at radius 2 is 1.86 bits per heavy atom. The number of amides is 2. The third-order valence-electron chi connectivity index (χ3n) is 5.98. The number of nitrogens with zero attached hydrogens (tertiary/aromatic N) is 2. The molecule has 36 heavy (non-hydrogen) atoms. The number of carbonyl (C=O) groups is 3. The second-order valence-electron chi connectivity index (χ2n) is 8.77. The number of methoxy groups -OCH3 is 1. The summed E-state index contributed by atoms with van der Waals surface area (Å²) in [5.74, 6) is -1.43. The number of aliphatic hydroxyl groups is 1. The van der Waals surface area contributed by atoms with E-state index >= 15 is 0 Å². The van der Waals surface area contributed by atoms with Gasteiger partial charge in [-0.05, 0) is 60.0 Å². The second kappa shape index (κ2) is 10.0. The van der Waals surface area contributed by atoms with E-state index in [1.54, 1.807) is 74.0 Å². The number of nitrogens with one attached hydrogen (secondary N) is 1. The lowest BCUT2D eigenvalue weighted by Gasteiger charge is -2.25. The molecule has 1 aromatic heterocycles. The van der Waals surface area contributed by atoms with Crippen LogP contribution in [0.4, 0.5) is 11.4 Å². The van der Waals surface area contributed by atoms with Gasteiger partial charge in [0, 0.05) is 30.1 Å². The van der Waals surface area contributed by atoms with Gasteiger partial charge < -0.3 is 15.2 Å². The Morgan fingerprint density at radius 1 is 1.08 bits per heavy atom. The molecular weight excluding hydrogens is 458 g/mol. The molecule has 0 aliphatic carbocycles. The smallest absolute Gasteiger partial charge is 0.300 e. The van der Waals surface area contributed by atoms with Crippen molar-refractivity contribution in [3.8, 4) is 5.75 Å². The summed E-state index contributed by atoms with van der Waals surface area (Å²) >= 11 is 0. The quantitative estimate of drug-likeness (QED) is 0.295. The van der Waals surface area contributed by atoms with Gasteiger partial charge in [-0.1, -0.05) is 26.0 Å². The minimum Gasteiger partial charge on any atom is -0.507 e. The molecule has 2 N–H and O–H groups in total. The summed E-state index contributed by atoms with van der Waals surface area (Å²) < 4.78 is 5.44. The van der Waals surface area contributed by atoms with Crippen LogP contribution >= 0.6 is 0 Å². The van der Waals surface area contributed by atoms with Crippen LogP contribution in [0.2, 0.25) is 0 Å². The Bertz CT molecular complexity index is 1360. The van der Waals surface area contributed by atoms with Gasteiger partial charge in [-0.3, -0.25) is 24.3 Å². The number of anilines is 2. The van der Waals surface area contributed by atoms with E-state index in [4.69, 9.17) is 4.74 Å². The van der Waals surface area contributed by atoms with Gasteiger partial charge >= 0.3 is 0 Å². The van der Waals surface area contributed by atoms with E-state index in [0.29, 0.717) is 28.4 Å². The molecule has 1 aliphatic rings. The van der Waals surface area contributed by atoms with Gasteiger partial charge in [0.1, 0.15) is 17.6 Å². The molecule has 184 valence electrons. The molecule has 1 unspecified atom stereocenters. The first kappa shape index (κ1) is 24.7. The van der Waals surface area contributed by atoms with Crippen molar-refractivity contribution in [2.45, 2.75) is 32.7 Å². The first-order valence-electron chi connectivity index (χ1n) is 11.5. The number of ether oxygens (including phenoxy) is 1. The fourth-order valence-electron chi connectivity index (χ4n) is 4.34. The van der Waals surface area contributed by atoms with E-state index in [1.807, 2.05) is 13.8 Å². The molecule has 8 nitrogen and oxygen atoms in total. The maximum Gasteiger partial charge on any atom is 0.300 e. The molecule has 1 aliphatic heterocycles. The zero-order valence-corrected chi connectivity index (χ0v) is 20.5. The Balaban J connectivity index is 1.91. The highest BCUT2D eigenvalue weighted by Gasteiger charge is 2.47. The van der Waals surface area contributed by atoms with Crippen molar-refractivity contribution in [2.24, 2.45) is 0 Å². The molecular formula is C28H27N3O5. The van der Waals surface area contributed by atoms with Crippen LogP contribution in [0.1, 0.15) is 49.6 Å². The van der Waals surface area contributed by atoms with Crippen molar-refractivity contribution < 1.29 is 24.2 Å². The van der Waals surface area contributed by atoms with Crippen molar-refractivity contribution in [3.05, 3.63) is 89.3 Å². The molecule has 0 saturated carbocycles. The molecule has 4 rings (SSSR count). The van der Waals surface area contributed by atoms with Gasteiger partial charge in [-0.15, -0.1) is 0 Å². The maximum atomic E-state index is 13.4. The Morgan fingerprint density at radius 3 is 2.50 bits per heavy atom. The summed E-state index contributed by atoms with van der Waals surface area (Å²) in [5, 5.41) is 14.1. The molecule has 1 fully saturated rings. The lowest BCUT2D eigenvalue weighted by Crippen LogP contribution is -2.30. The van der Waals surface area contributed by atoms with Gasteiger partial charge in [-0.2, -0.15) is 0 Å². The van der Waals surface area contributed by atoms with Crippen LogP contribution in [-0.4, -0.2) is 34.8 Å². The number of hydrogen-bond donors (Lipinski definition) is 2. The van der Waals surface area contributed by atoms with E-state index < -0.39 is 17.7 Å². The topological polar surface area (TPSA) is 109 Å². The molecule has 0 spiro atoms. The first-order chi connectivity index (χ1) is 17.2. The lowest BCUT2D eigenvalue weighted by molar-refractivity contribution is -0.132. The molecule has 0 bridgehead atoms. The monoisotopic (exact) mass is 485 g/mol. The fraction of sp³-hybridized carbons (Fsp3) is 0.214. The Hall–Kier alpha value is -4.46. The van der Waals surface area contributed by atoms with E-state index in [-0.39, 0.29) is 23.2 Å². The summed E-state index contributed by atoms with van der Waals surface area (Å²) in [6.45, 7) is 5.38. The number of pyridine rings is 1. The highest BCUT2D eigenvalue weighted by Crippen LogP contribution is 2.42. The van der Waals surface area contributed by atoms with Crippen molar-refractivity contribution in [3.63, 3.8) is 0 Å². The third kappa shape index (κ3) is 4.57. The van der Waals surface area contributed by atoms with Crippen LogP contribution in [0.5, 0.6) is 5.75 Å². The largest absolute Gasteiger partial charge is 0.507 e. The van der Waals surface area contributed by atoms with Crippen LogP contribution in [0.3, 0.4) is 0 Å². The average molecular weight is 486 g/mol. The van der Waals surface area contributed by atoms with Gasteiger partial charge in [-0.25, -0.2) is 0 Å². The molecule has 2 aromatic carbocycles. The third-order valence-corrected chi connectivity index (χ3v) is 5.98. The predicted octanol–water partition coefficient (Wildman–Crippen LogP) is 4.80. The van der Waals surface area contributed by atoms with Gasteiger partial charge in [0.05, 0.1) is 18.4 Å². The number of aliphatic hydroxyl groups excluding tert-OH is 1. The summed E-state index contributed by atoms with van der Waals surface area (Å²) in [6.07, 6.45) is 1.56. The van der Waals surface area contributed by atoms with Crippen LogP contribution < -0.4 is 15.0 Å². The molecule has 2 amide bonds. The van der Waals surface area contributed by atoms with Crippen molar-refractivity contribution in [1.82, 2.24) is 4.98 Å². The Labute approximate surface area is 209 Å². The summed E-state index contributed by atoms with van der Waals surface area (Å²) in [4.78, 5) is 44.0. The number of hydrogen-bond acceptors (Lipinski definition) is 6. The van der Waals surface area contributed by atoms with Gasteiger partial charge in [0.15, 0.2) is 0 Å². The first-order valence-corrected chi connectivity index (χ1v) is 11.5. The number of ketones is 1. The number of aromatic nitrogens is 1. The van der Waals surface area contributed by atoms with Crippen molar-refractivity contribution in [2.75, 3.05) is 17.3 Å². The summed E-state index contributed by atoms with van der Waals surface area (Å²) in [5.41, 5.74) is 2.46. The minimum absolute atomic E-state index is 0.0662. The predicted molar refractivity (Wildman–Crippen MR) is 137 cm³/mol. The molecule has 0 radical (unpaired) electrons. The van der Waals surface area contributed by atoms with Crippen LogP contribution in [-0.2, 0) is 14.4 Å². The van der Waals surface area contributed by atoms with E-state index in [9.17, 15) is 19.5 Å². The van der Waals surface area contributed by atoms with Crippen molar-refractivity contribution in [1.29, 1.82) is 0 Å². The Kier molecular flexibility index (Phi) is 6.87. The van der Waals surface area contributed by atoms with Crippen molar-refractivity contribution >= 4 is 34.7 Å². The number of Topliss-reactive ketones (excluding diaryl/α,β-unsaturated/α-hetero) is 1.